The Bertz CT molecular complexity index is 1180. The van der Waals surface area contributed by atoms with E-state index >= 15 is 0 Å². The number of aromatic carboxylic acids is 1. The molecule has 2 heterocycles. The van der Waals surface area contributed by atoms with E-state index in [-0.39, 0.29) is 29.1 Å². The number of rotatable bonds is 5. The van der Waals surface area contributed by atoms with Crippen LogP contribution in [0.1, 0.15) is 48.3 Å². The molecular formula is C22H22ClFN2O4. The van der Waals surface area contributed by atoms with Crippen molar-refractivity contribution in [2.24, 2.45) is 5.41 Å². The van der Waals surface area contributed by atoms with Crippen LogP contribution in [0, 0.1) is 11.2 Å². The van der Waals surface area contributed by atoms with Gasteiger partial charge in [-0.1, -0.05) is 44.5 Å². The summed E-state index contributed by atoms with van der Waals surface area (Å²) in [6.07, 6.45) is 2.87. The molecule has 1 atom stereocenters. The molecule has 2 aromatic heterocycles. The highest BCUT2D eigenvalue weighted by Gasteiger charge is 2.28. The summed E-state index contributed by atoms with van der Waals surface area (Å²) in [6.45, 7) is 5.43. The number of benzene rings is 1. The number of hydrogen-bond donors (Lipinski definition) is 2. The van der Waals surface area contributed by atoms with Gasteiger partial charge in [0.05, 0.1) is 23.1 Å². The minimum atomic E-state index is -1.37. The lowest BCUT2D eigenvalue weighted by atomic mass is 9.86. The number of hydrogen-bond acceptors (Lipinski definition) is 4. The maximum absolute atomic E-state index is 14.3. The summed E-state index contributed by atoms with van der Waals surface area (Å²) in [7, 11) is 0. The van der Waals surface area contributed by atoms with Crippen LogP contribution in [0.3, 0.4) is 0 Å². The third kappa shape index (κ3) is 4.08. The Hall–Kier alpha value is -2.77. The van der Waals surface area contributed by atoms with E-state index in [2.05, 4.69) is 4.98 Å². The first kappa shape index (κ1) is 21.9. The fraction of sp³-hybridized carbons (Fsp3) is 0.318. The molecule has 30 heavy (non-hydrogen) atoms. The average molecular weight is 433 g/mol. The number of carbonyl (C=O) groups is 1. The highest BCUT2D eigenvalue weighted by molar-refractivity contribution is 6.30. The molecule has 158 valence electrons. The average Bonchev–Trinajstić information content (AvgIpc) is 2.66. The minimum absolute atomic E-state index is 0.00673. The van der Waals surface area contributed by atoms with E-state index in [1.807, 2.05) is 20.8 Å². The van der Waals surface area contributed by atoms with Crippen LogP contribution in [0.25, 0.3) is 11.0 Å². The molecule has 0 radical (unpaired) electrons. The summed E-state index contributed by atoms with van der Waals surface area (Å²) in [6, 6.07) is 5.66. The number of fused-ring (bicyclic) bond motifs is 1. The van der Waals surface area contributed by atoms with Crippen molar-refractivity contribution in [2.75, 3.05) is 6.61 Å². The van der Waals surface area contributed by atoms with E-state index in [0.29, 0.717) is 11.1 Å². The molecule has 0 saturated heterocycles. The molecule has 0 aliphatic rings. The van der Waals surface area contributed by atoms with Gasteiger partial charge in [0.25, 0.3) is 0 Å². The molecule has 0 bridgehead atoms. The van der Waals surface area contributed by atoms with E-state index < -0.39 is 34.2 Å². The number of nitrogens with zero attached hydrogens (tertiary/aromatic N) is 2. The minimum Gasteiger partial charge on any atom is -0.477 e. The number of pyridine rings is 2. The van der Waals surface area contributed by atoms with Gasteiger partial charge >= 0.3 is 5.97 Å². The summed E-state index contributed by atoms with van der Waals surface area (Å²) in [5.74, 6) is -1.92. The Balaban J connectivity index is 2.23. The molecule has 0 aliphatic heterocycles. The first-order valence-electron chi connectivity index (χ1n) is 9.35. The second kappa shape index (κ2) is 8.16. The van der Waals surface area contributed by atoms with Gasteiger partial charge in [-0.15, -0.1) is 0 Å². The topological polar surface area (TPSA) is 92.4 Å². The van der Waals surface area contributed by atoms with Gasteiger partial charge in [-0.25, -0.2) is 14.2 Å². The lowest BCUT2D eigenvalue weighted by molar-refractivity contribution is 0.0692. The van der Waals surface area contributed by atoms with Gasteiger partial charge in [-0.3, -0.25) is 4.79 Å². The third-order valence-corrected chi connectivity index (χ3v) is 5.38. The monoisotopic (exact) mass is 432 g/mol. The summed E-state index contributed by atoms with van der Waals surface area (Å²) in [5, 5.41) is 19.6. The summed E-state index contributed by atoms with van der Waals surface area (Å²) >= 11 is 5.84. The van der Waals surface area contributed by atoms with Crippen LogP contribution >= 0.6 is 11.6 Å². The Morgan fingerprint density at radius 2 is 2.03 bits per heavy atom. The standard InChI is InChI=1S/C22H22ClFN2O4/c1-22(2,3)17(11-27)26-10-15(21(29)30)19(28)14-8-12(9-25-20(14)26)7-13-5-4-6-16(23)18(13)24/h4-6,8-10,17,27H,7,11H2,1-3H3,(H,29,30)/t17-/m1/s1. The fourth-order valence-corrected chi connectivity index (χ4v) is 3.64. The largest absolute Gasteiger partial charge is 0.477 e. The number of halogens is 2. The molecular weight excluding hydrogens is 411 g/mol. The van der Waals surface area contributed by atoms with Gasteiger partial charge in [0.15, 0.2) is 0 Å². The van der Waals surface area contributed by atoms with Crippen molar-refractivity contribution < 1.29 is 19.4 Å². The smallest absolute Gasteiger partial charge is 0.341 e. The van der Waals surface area contributed by atoms with E-state index in [1.165, 1.54) is 29.1 Å². The molecule has 0 amide bonds. The highest BCUT2D eigenvalue weighted by atomic mass is 35.5. The number of carboxylic acids is 1. The quantitative estimate of drug-likeness (QED) is 0.634. The lowest BCUT2D eigenvalue weighted by Gasteiger charge is -2.32. The molecule has 6 nitrogen and oxygen atoms in total. The van der Waals surface area contributed by atoms with Gasteiger partial charge in [0.2, 0.25) is 5.43 Å². The molecule has 3 rings (SSSR count). The van der Waals surface area contributed by atoms with Crippen molar-refractivity contribution in [1.82, 2.24) is 9.55 Å². The van der Waals surface area contributed by atoms with Crippen LogP contribution in [0.5, 0.6) is 0 Å². The predicted octanol–water partition coefficient (Wildman–Crippen LogP) is 4.06. The molecule has 3 aromatic rings. The maximum Gasteiger partial charge on any atom is 0.341 e. The first-order chi connectivity index (χ1) is 14.0. The van der Waals surface area contributed by atoms with E-state index in [1.54, 1.807) is 12.1 Å². The Morgan fingerprint density at radius 1 is 1.33 bits per heavy atom. The van der Waals surface area contributed by atoms with Gasteiger partial charge < -0.3 is 14.8 Å². The summed E-state index contributed by atoms with van der Waals surface area (Å²) in [5.41, 5.74) is -0.406. The van der Waals surface area contributed by atoms with Crippen molar-refractivity contribution in [3.05, 3.63) is 74.4 Å². The molecule has 1 aromatic carbocycles. The van der Waals surface area contributed by atoms with Crippen molar-refractivity contribution in [3.63, 3.8) is 0 Å². The van der Waals surface area contributed by atoms with Crippen LogP contribution in [0.4, 0.5) is 4.39 Å². The number of aliphatic hydroxyl groups excluding tert-OH is 1. The molecule has 0 unspecified atom stereocenters. The second-order valence-corrected chi connectivity index (χ2v) is 8.66. The van der Waals surface area contributed by atoms with Crippen molar-refractivity contribution in [3.8, 4) is 0 Å². The summed E-state index contributed by atoms with van der Waals surface area (Å²) in [4.78, 5) is 28.9. The summed E-state index contributed by atoms with van der Waals surface area (Å²) < 4.78 is 15.8. The van der Waals surface area contributed by atoms with Gasteiger partial charge in [0, 0.05) is 18.8 Å². The lowest BCUT2D eigenvalue weighted by Crippen LogP contribution is -2.31. The molecule has 8 heteroatoms. The normalized spacial score (nSPS) is 12.9. The number of carboxylic acid groups (broad SMARTS) is 1. The van der Waals surface area contributed by atoms with E-state index in [0.717, 1.165) is 0 Å². The maximum atomic E-state index is 14.3. The van der Waals surface area contributed by atoms with Crippen LogP contribution in [0.15, 0.2) is 41.5 Å². The Kier molecular flexibility index (Phi) is 5.97. The molecule has 0 aliphatic carbocycles. The van der Waals surface area contributed by atoms with Crippen molar-refractivity contribution in [2.45, 2.75) is 33.2 Å². The third-order valence-electron chi connectivity index (χ3n) is 5.09. The van der Waals surface area contributed by atoms with Crippen molar-refractivity contribution in [1.29, 1.82) is 0 Å². The fourth-order valence-electron chi connectivity index (χ4n) is 3.45. The molecule has 0 spiro atoms. The second-order valence-electron chi connectivity index (χ2n) is 8.25. The zero-order chi connectivity index (χ0) is 22.2. The number of aromatic nitrogens is 2. The molecule has 0 saturated carbocycles. The molecule has 2 N–H and O–H groups in total. The van der Waals surface area contributed by atoms with Gasteiger partial charge in [-0.05, 0) is 28.7 Å². The van der Waals surface area contributed by atoms with Gasteiger partial charge in [-0.2, -0.15) is 0 Å². The zero-order valence-corrected chi connectivity index (χ0v) is 17.6. The zero-order valence-electron chi connectivity index (χ0n) is 16.8. The SMILES string of the molecule is CC(C)(C)[C@@H](CO)n1cc(C(=O)O)c(=O)c2cc(Cc3cccc(Cl)c3F)cnc21. The van der Waals surface area contributed by atoms with Crippen LogP contribution in [0.2, 0.25) is 5.02 Å². The van der Waals surface area contributed by atoms with E-state index in [9.17, 15) is 24.2 Å². The van der Waals surface area contributed by atoms with Crippen LogP contribution < -0.4 is 5.43 Å². The number of aliphatic hydroxyl groups is 1. The van der Waals surface area contributed by atoms with Gasteiger partial charge in [0.1, 0.15) is 17.0 Å². The van der Waals surface area contributed by atoms with Crippen LogP contribution in [-0.2, 0) is 6.42 Å². The van der Waals surface area contributed by atoms with Crippen LogP contribution in [-0.4, -0.2) is 32.3 Å². The molecule has 0 fully saturated rings. The van der Waals surface area contributed by atoms with E-state index in [4.69, 9.17) is 11.6 Å². The Labute approximate surface area is 177 Å². The van der Waals surface area contributed by atoms with Crippen molar-refractivity contribution >= 4 is 28.6 Å². The predicted molar refractivity (Wildman–Crippen MR) is 113 cm³/mol. The highest BCUT2D eigenvalue weighted by Crippen LogP contribution is 2.32. The first-order valence-corrected chi connectivity index (χ1v) is 9.73. The Morgan fingerprint density at radius 3 is 2.63 bits per heavy atom.